The molecule has 11 heteroatoms. The number of methoxy groups -OCH3 is 1. The highest BCUT2D eigenvalue weighted by Crippen LogP contribution is 2.43. The van der Waals surface area contributed by atoms with E-state index in [1.807, 2.05) is 0 Å². The fraction of sp³-hybridized carbons (Fsp3) is 0.269. The molecule has 37 heavy (non-hydrogen) atoms. The van der Waals surface area contributed by atoms with Gasteiger partial charge < -0.3 is 20.1 Å². The first-order valence-electron chi connectivity index (χ1n) is 11.1. The Balaban J connectivity index is 2.19. The molecule has 1 unspecified atom stereocenters. The van der Waals surface area contributed by atoms with Crippen LogP contribution in [0.25, 0.3) is 10.4 Å². The number of thiophene rings is 1. The number of anilines is 1. The molecule has 0 aliphatic heterocycles. The Labute approximate surface area is 215 Å². The summed E-state index contributed by atoms with van der Waals surface area (Å²) in [6.07, 6.45) is -5.38. The average molecular weight is 535 g/mol. The Bertz CT molecular complexity index is 1290. The topological polar surface area (TPSA) is 93.7 Å². The number of benzene rings is 2. The van der Waals surface area contributed by atoms with Gasteiger partial charge >= 0.3 is 23.8 Å². The second kappa shape index (κ2) is 11.0. The van der Waals surface area contributed by atoms with Crippen LogP contribution in [-0.4, -0.2) is 43.4 Å². The Morgan fingerprint density at radius 3 is 2.14 bits per heavy atom. The van der Waals surface area contributed by atoms with Crippen LogP contribution in [0.3, 0.4) is 0 Å². The molecule has 3 rings (SSSR count). The fourth-order valence-electron chi connectivity index (χ4n) is 3.58. The van der Waals surface area contributed by atoms with Gasteiger partial charge in [0.2, 0.25) is 0 Å². The van der Waals surface area contributed by atoms with Gasteiger partial charge in [-0.15, -0.1) is 11.3 Å². The molecule has 1 aromatic heterocycles. The van der Waals surface area contributed by atoms with Crippen LogP contribution >= 0.6 is 11.3 Å². The number of carbonyl (C=O) groups excluding carboxylic acids is 3. The van der Waals surface area contributed by atoms with E-state index in [-0.39, 0.29) is 22.7 Å². The van der Waals surface area contributed by atoms with Crippen LogP contribution in [0.5, 0.6) is 0 Å². The summed E-state index contributed by atoms with van der Waals surface area (Å²) in [5, 5.41) is 3.58. The molecule has 1 amide bonds. The minimum absolute atomic E-state index is 0.0280. The van der Waals surface area contributed by atoms with Gasteiger partial charge in [0.25, 0.3) is 5.91 Å². The van der Waals surface area contributed by atoms with Gasteiger partial charge in [-0.25, -0.2) is 9.59 Å². The van der Waals surface area contributed by atoms with Gasteiger partial charge in [-0.1, -0.05) is 48.0 Å². The van der Waals surface area contributed by atoms with Gasteiger partial charge in [0.05, 0.1) is 19.3 Å². The molecule has 0 radical (unpaired) electrons. The standard InChI is InChI=1S/C26H25F3N2O5S/c1-5-36-23(33)19-16(3)20(17-9-7-6-8-10-17)37-22(19)31-25(24(34)35-4,26(27,28)29)30-21(32)18-13-11-15(2)12-14-18/h6-14,31H,5H2,1-4H3,(H,30,32). The van der Waals surface area contributed by atoms with Gasteiger partial charge in [-0.05, 0) is 44.0 Å². The average Bonchev–Trinajstić information content (AvgIpc) is 3.18. The lowest BCUT2D eigenvalue weighted by Crippen LogP contribution is -2.69. The van der Waals surface area contributed by atoms with Crippen molar-refractivity contribution in [2.75, 3.05) is 19.0 Å². The first-order valence-corrected chi connectivity index (χ1v) is 11.9. The number of halogens is 3. The van der Waals surface area contributed by atoms with Gasteiger partial charge in [0.15, 0.2) is 0 Å². The lowest BCUT2D eigenvalue weighted by atomic mass is 10.0. The van der Waals surface area contributed by atoms with Crippen LogP contribution in [0.2, 0.25) is 0 Å². The zero-order valence-electron chi connectivity index (χ0n) is 20.5. The van der Waals surface area contributed by atoms with E-state index in [4.69, 9.17) is 4.74 Å². The van der Waals surface area contributed by atoms with E-state index >= 15 is 0 Å². The Kier molecular flexibility index (Phi) is 8.27. The maximum absolute atomic E-state index is 14.7. The number of hydrogen-bond acceptors (Lipinski definition) is 7. The van der Waals surface area contributed by atoms with Gasteiger partial charge in [-0.3, -0.25) is 4.79 Å². The second-order valence-electron chi connectivity index (χ2n) is 8.03. The van der Waals surface area contributed by atoms with Crippen molar-refractivity contribution in [3.63, 3.8) is 0 Å². The molecule has 1 atom stereocenters. The lowest BCUT2D eigenvalue weighted by molar-refractivity contribution is -0.203. The molecular weight excluding hydrogens is 509 g/mol. The maximum atomic E-state index is 14.7. The van der Waals surface area contributed by atoms with Crippen molar-refractivity contribution in [2.45, 2.75) is 32.6 Å². The van der Waals surface area contributed by atoms with Crippen LogP contribution < -0.4 is 10.6 Å². The zero-order valence-corrected chi connectivity index (χ0v) is 21.3. The monoisotopic (exact) mass is 534 g/mol. The molecule has 0 spiro atoms. The number of esters is 2. The predicted octanol–water partition coefficient (Wildman–Crippen LogP) is 5.48. The van der Waals surface area contributed by atoms with Gasteiger partial charge in [-0.2, -0.15) is 13.2 Å². The first-order chi connectivity index (χ1) is 17.4. The molecule has 3 aromatic rings. The number of carbonyl (C=O) groups is 3. The molecular formula is C26H25F3N2O5S. The first kappa shape index (κ1) is 27.7. The number of rotatable bonds is 8. The van der Waals surface area contributed by atoms with Crippen molar-refractivity contribution in [3.8, 4) is 10.4 Å². The summed E-state index contributed by atoms with van der Waals surface area (Å²) in [4.78, 5) is 39.0. The Hall–Kier alpha value is -3.86. The molecule has 0 fully saturated rings. The van der Waals surface area contributed by atoms with Crippen molar-refractivity contribution in [1.29, 1.82) is 0 Å². The van der Waals surface area contributed by atoms with E-state index in [9.17, 15) is 27.6 Å². The van der Waals surface area contributed by atoms with Crippen molar-refractivity contribution < 1.29 is 37.0 Å². The quantitative estimate of drug-likeness (QED) is 0.294. The summed E-state index contributed by atoms with van der Waals surface area (Å²) in [7, 11) is 0.768. The van der Waals surface area contributed by atoms with E-state index in [1.165, 1.54) is 12.1 Å². The third-order valence-corrected chi connectivity index (χ3v) is 6.75. The number of ether oxygens (including phenoxy) is 2. The van der Waals surface area contributed by atoms with Crippen LogP contribution in [0, 0.1) is 13.8 Å². The van der Waals surface area contributed by atoms with Crippen molar-refractivity contribution in [1.82, 2.24) is 5.32 Å². The number of amides is 1. The Morgan fingerprint density at radius 2 is 1.59 bits per heavy atom. The number of nitrogens with one attached hydrogen (secondary N) is 2. The number of alkyl halides is 3. The minimum Gasteiger partial charge on any atom is -0.466 e. The fourth-order valence-corrected chi connectivity index (χ4v) is 4.83. The van der Waals surface area contributed by atoms with E-state index in [0.717, 1.165) is 24.0 Å². The summed E-state index contributed by atoms with van der Waals surface area (Å²) >= 11 is 0.818. The second-order valence-corrected chi connectivity index (χ2v) is 9.05. The van der Waals surface area contributed by atoms with Gasteiger partial charge in [0, 0.05) is 10.4 Å². The van der Waals surface area contributed by atoms with Crippen molar-refractivity contribution in [2.24, 2.45) is 0 Å². The predicted molar refractivity (Wildman–Crippen MR) is 134 cm³/mol. The largest absolute Gasteiger partial charge is 0.466 e. The van der Waals surface area contributed by atoms with E-state index in [1.54, 1.807) is 68.6 Å². The number of hydrogen-bond donors (Lipinski definition) is 2. The highest BCUT2D eigenvalue weighted by atomic mass is 32.1. The van der Waals surface area contributed by atoms with Gasteiger partial charge in [0.1, 0.15) is 5.00 Å². The van der Waals surface area contributed by atoms with E-state index in [2.05, 4.69) is 10.1 Å². The van der Waals surface area contributed by atoms with E-state index < -0.39 is 29.7 Å². The third-order valence-electron chi connectivity index (χ3n) is 5.49. The number of aryl methyl sites for hydroxylation is 1. The highest BCUT2D eigenvalue weighted by molar-refractivity contribution is 7.20. The molecule has 7 nitrogen and oxygen atoms in total. The van der Waals surface area contributed by atoms with Crippen molar-refractivity contribution in [3.05, 3.63) is 76.9 Å². The minimum atomic E-state index is -5.38. The van der Waals surface area contributed by atoms with Crippen LogP contribution in [-0.2, 0) is 14.3 Å². The zero-order chi connectivity index (χ0) is 27.4. The highest BCUT2D eigenvalue weighted by Gasteiger charge is 2.64. The molecule has 0 aliphatic carbocycles. The SMILES string of the molecule is CCOC(=O)c1c(NC(NC(=O)c2ccc(C)cc2)(C(=O)OC)C(F)(F)F)sc(-c2ccccc2)c1C. The Morgan fingerprint density at radius 1 is 0.973 bits per heavy atom. The molecule has 0 saturated carbocycles. The molecule has 0 aliphatic rings. The summed E-state index contributed by atoms with van der Waals surface area (Å²) in [5.74, 6) is -3.88. The molecule has 0 saturated heterocycles. The molecule has 2 aromatic carbocycles. The smallest absolute Gasteiger partial charge is 0.441 e. The molecule has 0 bridgehead atoms. The van der Waals surface area contributed by atoms with Crippen LogP contribution in [0.15, 0.2) is 54.6 Å². The molecule has 196 valence electrons. The lowest BCUT2D eigenvalue weighted by Gasteiger charge is -2.34. The van der Waals surface area contributed by atoms with Crippen molar-refractivity contribution >= 4 is 34.2 Å². The maximum Gasteiger partial charge on any atom is 0.441 e. The summed E-state index contributed by atoms with van der Waals surface area (Å²) in [6.45, 7) is 4.84. The molecule has 2 N–H and O–H groups in total. The summed E-state index contributed by atoms with van der Waals surface area (Å²) < 4.78 is 53.6. The summed E-state index contributed by atoms with van der Waals surface area (Å²) in [5.41, 5.74) is -2.23. The summed E-state index contributed by atoms with van der Waals surface area (Å²) in [6, 6.07) is 14.5. The third kappa shape index (κ3) is 5.61. The molecule has 1 heterocycles. The van der Waals surface area contributed by atoms with E-state index in [0.29, 0.717) is 16.0 Å². The normalized spacial score (nSPS) is 12.8. The van der Waals surface area contributed by atoms with Crippen LogP contribution in [0.4, 0.5) is 18.2 Å². The van der Waals surface area contributed by atoms with Crippen LogP contribution in [0.1, 0.15) is 38.8 Å².